The Hall–Kier alpha value is -3.23. The van der Waals surface area contributed by atoms with Gasteiger partial charge in [-0.1, -0.05) is 30.3 Å². The lowest BCUT2D eigenvalue weighted by atomic mass is 10.2. The van der Waals surface area contributed by atoms with Gasteiger partial charge in [0.25, 0.3) is 0 Å². The topological polar surface area (TPSA) is 64.6 Å². The number of nitrogens with one attached hydrogen (secondary N) is 1. The van der Waals surface area contributed by atoms with Gasteiger partial charge in [-0.05, 0) is 54.5 Å². The summed E-state index contributed by atoms with van der Waals surface area (Å²) in [7, 11) is -3.52. The van der Waals surface area contributed by atoms with Gasteiger partial charge >= 0.3 is 0 Å². The van der Waals surface area contributed by atoms with Crippen molar-refractivity contribution in [2.75, 3.05) is 13.2 Å². The SMILES string of the molecule is O=S(=O)(/C=C/c1ccccc1)NCCCOc1ccc(Oc2ccc(F)cc2F)cc1. The average Bonchev–Trinajstić information content (AvgIpc) is 2.76. The second-order valence-corrected chi connectivity index (χ2v) is 8.15. The van der Waals surface area contributed by atoms with E-state index in [1.165, 1.54) is 12.1 Å². The van der Waals surface area contributed by atoms with Crippen molar-refractivity contribution in [3.63, 3.8) is 0 Å². The molecule has 5 nitrogen and oxygen atoms in total. The van der Waals surface area contributed by atoms with Crippen molar-refractivity contribution in [2.24, 2.45) is 0 Å². The lowest BCUT2D eigenvalue weighted by Crippen LogP contribution is -2.23. The number of benzene rings is 3. The maximum Gasteiger partial charge on any atom is 0.233 e. The summed E-state index contributed by atoms with van der Waals surface area (Å²) in [6.45, 7) is 0.532. The molecule has 0 bridgehead atoms. The Labute approximate surface area is 180 Å². The third kappa shape index (κ3) is 7.51. The Bertz CT molecular complexity index is 1120. The highest BCUT2D eigenvalue weighted by atomic mass is 32.2. The van der Waals surface area contributed by atoms with Gasteiger partial charge in [-0.25, -0.2) is 21.9 Å². The molecule has 0 aliphatic carbocycles. The molecule has 8 heteroatoms. The Kier molecular flexibility index (Phi) is 7.75. The van der Waals surface area contributed by atoms with Crippen LogP contribution in [0.2, 0.25) is 0 Å². The second kappa shape index (κ2) is 10.7. The summed E-state index contributed by atoms with van der Waals surface area (Å²) >= 11 is 0. The molecule has 3 aromatic carbocycles. The highest BCUT2D eigenvalue weighted by molar-refractivity contribution is 7.92. The highest BCUT2D eigenvalue weighted by Crippen LogP contribution is 2.26. The van der Waals surface area contributed by atoms with E-state index in [4.69, 9.17) is 9.47 Å². The van der Waals surface area contributed by atoms with E-state index in [0.29, 0.717) is 24.5 Å². The van der Waals surface area contributed by atoms with Crippen molar-refractivity contribution in [3.05, 3.63) is 95.4 Å². The van der Waals surface area contributed by atoms with E-state index >= 15 is 0 Å². The van der Waals surface area contributed by atoms with Crippen LogP contribution >= 0.6 is 0 Å². The van der Waals surface area contributed by atoms with Crippen molar-refractivity contribution >= 4 is 16.1 Å². The number of rotatable bonds is 10. The number of sulfonamides is 1. The monoisotopic (exact) mass is 445 g/mol. The Balaban J connectivity index is 1.40. The predicted octanol–water partition coefficient (Wildman–Crippen LogP) is 5.12. The van der Waals surface area contributed by atoms with Crippen LogP contribution in [0.1, 0.15) is 12.0 Å². The van der Waals surface area contributed by atoms with Crippen molar-refractivity contribution in [2.45, 2.75) is 6.42 Å². The van der Waals surface area contributed by atoms with Crippen LogP contribution in [-0.4, -0.2) is 21.6 Å². The summed E-state index contributed by atoms with van der Waals surface area (Å²) in [5.41, 5.74) is 0.797. The number of ether oxygens (including phenoxy) is 2. The van der Waals surface area contributed by atoms with E-state index in [0.717, 1.165) is 23.1 Å². The molecule has 0 saturated heterocycles. The molecule has 1 N–H and O–H groups in total. The maximum atomic E-state index is 13.6. The van der Waals surface area contributed by atoms with Crippen LogP contribution < -0.4 is 14.2 Å². The first-order chi connectivity index (χ1) is 14.9. The predicted molar refractivity (Wildman–Crippen MR) is 115 cm³/mol. The minimum atomic E-state index is -3.52. The van der Waals surface area contributed by atoms with Gasteiger partial charge in [0.05, 0.1) is 6.61 Å². The van der Waals surface area contributed by atoms with Gasteiger partial charge in [0, 0.05) is 18.0 Å². The van der Waals surface area contributed by atoms with E-state index in [1.54, 1.807) is 24.3 Å². The van der Waals surface area contributed by atoms with Gasteiger partial charge in [-0.2, -0.15) is 0 Å². The second-order valence-electron chi connectivity index (χ2n) is 6.50. The van der Waals surface area contributed by atoms with Gasteiger partial charge < -0.3 is 9.47 Å². The first-order valence-electron chi connectivity index (χ1n) is 9.50. The molecule has 0 aliphatic heterocycles. The fourth-order valence-electron chi connectivity index (χ4n) is 2.55. The van der Waals surface area contributed by atoms with Gasteiger partial charge in [0.2, 0.25) is 10.0 Å². The molecular weight excluding hydrogens is 424 g/mol. The fourth-order valence-corrected chi connectivity index (χ4v) is 3.41. The molecule has 0 atom stereocenters. The minimum Gasteiger partial charge on any atom is -0.494 e. The molecule has 0 heterocycles. The maximum absolute atomic E-state index is 13.6. The number of halogens is 2. The van der Waals surface area contributed by atoms with Crippen LogP contribution in [0.3, 0.4) is 0 Å². The minimum absolute atomic E-state index is 0.0799. The molecular formula is C23H21F2NO4S. The Morgan fingerprint density at radius 1 is 0.903 bits per heavy atom. The van der Waals surface area contributed by atoms with Gasteiger partial charge in [0.1, 0.15) is 17.3 Å². The Morgan fingerprint density at radius 2 is 1.61 bits per heavy atom. The van der Waals surface area contributed by atoms with Crippen molar-refractivity contribution in [3.8, 4) is 17.2 Å². The summed E-state index contributed by atoms with van der Waals surface area (Å²) in [6.07, 6.45) is 2.00. The fraction of sp³-hybridized carbons (Fsp3) is 0.130. The van der Waals surface area contributed by atoms with E-state index in [2.05, 4.69) is 4.72 Å². The molecule has 31 heavy (non-hydrogen) atoms. The van der Waals surface area contributed by atoms with Crippen LogP contribution in [0.4, 0.5) is 8.78 Å². The van der Waals surface area contributed by atoms with Crippen LogP contribution in [0.15, 0.2) is 78.2 Å². The largest absolute Gasteiger partial charge is 0.494 e. The van der Waals surface area contributed by atoms with Crippen molar-refractivity contribution in [1.29, 1.82) is 0 Å². The molecule has 162 valence electrons. The van der Waals surface area contributed by atoms with Crippen LogP contribution in [0.5, 0.6) is 17.2 Å². The van der Waals surface area contributed by atoms with Crippen LogP contribution in [0.25, 0.3) is 6.08 Å². The Morgan fingerprint density at radius 3 is 2.32 bits per heavy atom. The first kappa shape index (κ1) is 22.5. The summed E-state index contributed by atoms with van der Waals surface area (Å²) in [5, 5.41) is 1.13. The summed E-state index contributed by atoms with van der Waals surface area (Å²) in [4.78, 5) is 0. The molecule has 0 fully saturated rings. The zero-order valence-corrected chi connectivity index (χ0v) is 17.3. The lowest BCUT2D eigenvalue weighted by molar-refractivity contribution is 0.311. The zero-order valence-electron chi connectivity index (χ0n) is 16.5. The molecule has 0 saturated carbocycles. The molecule has 0 unspecified atom stereocenters. The molecule has 0 aromatic heterocycles. The standard InChI is InChI=1S/C23H21F2NO4S/c24-19-7-12-23(22(25)17-19)30-21-10-8-20(9-11-21)29-15-4-14-26-31(27,28)16-13-18-5-2-1-3-6-18/h1-3,5-13,16-17,26H,4,14-15H2/b16-13+. The number of hydrogen-bond acceptors (Lipinski definition) is 4. The third-order valence-corrected chi connectivity index (χ3v) is 5.18. The summed E-state index contributed by atoms with van der Waals surface area (Å²) in [6, 6.07) is 18.7. The summed E-state index contributed by atoms with van der Waals surface area (Å²) < 4.78 is 63.9. The average molecular weight is 445 g/mol. The van der Waals surface area contributed by atoms with Crippen molar-refractivity contribution in [1.82, 2.24) is 4.72 Å². The highest BCUT2D eigenvalue weighted by Gasteiger charge is 2.07. The van der Waals surface area contributed by atoms with E-state index in [-0.39, 0.29) is 12.3 Å². The van der Waals surface area contributed by atoms with Crippen molar-refractivity contribution < 1.29 is 26.7 Å². The lowest BCUT2D eigenvalue weighted by Gasteiger charge is -2.09. The molecule has 0 aliphatic rings. The molecule has 0 radical (unpaired) electrons. The number of hydrogen-bond donors (Lipinski definition) is 1. The third-order valence-electron chi connectivity index (χ3n) is 4.08. The summed E-state index contributed by atoms with van der Waals surface area (Å²) in [5.74, 6) is -0.622. The molecule has 0 spiro atoms. The van der Waals surface area contributed by atoms with Gasteiger partial charge in [-0.15, -0.1) is 0 Å². The van der Waals surface area contributed by atoms with Gasteiger partial charge in [-0.3, -0.25) is 0 Å². The van der Waals surface area contributed by atoms with Crippen LogP contribution in [0, 0.1) is 11.6 Å². The van der Waals surface area contributed by atoms with E-state index in [1.807, 2.05) is 30.3 Å². The van der Waals surface area contributed by atoms with E-state index in [9.17, 15) is 17.2 Å². The van der Waals surface area contributed by atoms with E-state index < -0.39 is 21.7 Å². The smallest absolute Gasteiger partial charge is 0.233 e. The zero-order chi connectivity index (χ0) is 22.1. The van der Waals surface area contributed by atoms with Crippen LogP contribution in [-0.2, 0) is 10.0 Å². The normalized spacial score (nSPS) is 11.5. The first-order valence-corrected chi connectivity index (χ1v) is 11.0. The quantitative estimate of drug-likeness (QED) is 0.440. The molecule has 3 rings (SSSR count). The molecule has 3 aromatic rings. The molecule has 0 amide bonds. The van der Waals surface area contributed by atoms with Gasteiger partial charge in [0.15, 0.2) is 11.6 Å².